The Morgan fingerprint density at radius 1 is 1.28 bits per heavy atom. The highest BCUT2D eigenvalue weighted by molar-refractivity contribution is 6.06. The number of piperidine rings is 1. The van der Waals surface area contributed by atoms with Crippen molar-refractivity contribution in [2.75, 3.05) is 13.2 Å². The summed E-state index contributed by atoms with van der Waals surface area (Å²) in [6, 6.07) is 0.998. The number of hydrogen-bond acceptors (Lipinski definition) is 4. The van der Waals surface area contributed by atoms with Gasteiger partial charge in [-0.2, -0.15) is 13.2 Å². The van der Waals surface area contributed by atoms with Gasteiger partial charge in [-0.25, -0.2) is 18.7 Å². The number of nitrogens with one attached hydrogen (secondary N) is 1. The Hall–Kier alpha value is -2.27. The predicted octanol–water partition coefficient (Wildman–Crippen LogP) is 2.78. The molecule has 1 N–H and O–H groups in total. The molecule has 6 nitrogen and oxygen atoms in total. The number of ether oxygens (including phenoxy) is 1. The highest BCUT2D eigenvalue weighted by atomic mass is 19.4. The molecule has 0 radical (unpaired) electrons. The monoisotopic (exact) mass is 418 g/mol. The van der Waals surface area contributed by atoms with Gasteiger partial charge in [-0.1, -0.05) is 0 Å². The molecule has 2 aliphatic heterocycles. The molecule has 0 aromatic carbocycles. The number of morpholine rings is 1. The zero-order valence-electron chi connectivity index (χ0n) is 15.2. The molecule has 158 valence electrons. The first-order valence-corrected chi connectivity index (χ1v) is 9.20. The minimum absolute atomic E-state index is 0.0556. The topological polar surface area (TPSA) is 59.4 Å². The molecule has 0 spiro atoms. The second kappa shape index (κ2) is 7.52. The number of alkyl halides is 5. The van der Waals surface area contributed by atoms with Crippen molar-refractivity contribution in [2.24, 2.45) is 0 Å². The lowest BCUT2D eigenvalue weighted by atomic mass is 9.90. The summed E-state index contributed by atoms with van der Waals surface area (Å²) in [5, 5.41) is 3.20. The average molecular weight is 418 g/mol. The van der Waals surface area contributed by atoms with E-state index in [0.29, 0.717) is 10.3 Å². The van der Waals surface area contributed by atoms with Gasteiger partial charge in [0.15, 0.2) is 0 Å². The Kier molecular flexibility index (Phi) is 5.19. The van der Waals surface area contributed by atoms with E-state index < -0.39 is 43.3 Å². The van der Waals surface area contributed by atoms with E-state index in [1.807, 2.05) is 0 Å². The van der Waals surface area contributed by atoms with Gasteiger partial charge >= 0.3 is 6.30 Å². The predicted molar refractivity (Wildman–Crippen MR) is 92.5 cm³/mol. The Balaban J connectivity index is 1.53. The number of pyridine rings is 1. The summed E-state index contributed by atoms with van der Waals surface area (Å²) in [6.07, 6.45) is -4.13. The lowest BCUT2D eigenvalue weighted by Gasteiger charge is -2.48. The van der Waals surface area contributed by atoms with Crippen molar-refractivity contribution >= 4 is 16.9 Å². The van der Waals surface area contributed by atoms with E-state index in [1.54, 1.807) is 12.1 Å². The smallest absolute Gasteiger partial charge is 0.378 e. The maximum atomic E-state index is 13.3. The van der Waals surface area contributed by atoms with E-state index in [4.69, 9.17) is 4.74 Å². The molecule has 2 aromatic heterocycles. The molecule has 0 unspecified atom stereocenters. The lowest BCUT2D eigenvalue weighted by molar-refractivity contribution is -0.301. The molecule has 2 saturated heterocycles. The quantitative estimate of drug-likeness (QED) is 0.613. The highest BCUT2D eigenvalue weighted by Crippen LogP contribution is 2.36. The van der Waals surface area contributed by atoms with E-state index in [9.17, 15) is 26.7 Å². The van der Waals surface area contributed by atoms with Gasteiger partial charge in [-0.15, -0.1) is 0 Å². The Labute approximate surface area is 162 Å². The van der Waals surface area contributed by atoms with Crippen molar-refractivity contribution in [1.82, 2.24) is 19.8 Å². The molecule has 11 heteroatoms. The summed E-state index contributed by atoms with van der Waals surface area (Å²) in [7, 11) is 0. The van der Waals surface area contributed by atoms with Gasteiger partial charge in [0.2, 0.25) is 0 Å². The first-order chi connectivity index (χ1) is 13.7. The number of fused-ring (bicyclic) bond motifs is 3. The van der Waals surface area contributed by atoms with Crippen molar-refractivity contribution < 1.29 is 31.5 Å². The fraction of sp³-hybridized carbons (Fsp3) is 0.556. The molecule has 29 heavy (non-hydrogen) atoms. The second-order valence-corrected chi connectivity index (χ2v) is 7.32. The van der Waals surface area contributed by atoms with Gasteiger partial charge in [-0.05, 0) is 25.0 Å². The van der Waals surface area contributed by atoms with Crippen molar-refractivity contribution in [3.8, 4) is 0 Å². The summed E-state index contributed by atoms with van der Waals surface area (Å²) < 4.78 is 72.1. The van der Waals surface area contributed by atoms with E-state index in [0.717, 1.165) is 0 Å². The first-order valence-electron chi connectivity index (χ1n) is 9.20. The average Bonchev–Trinajstić information content (AvgIpc) is 2.98. The van der Waals surface area contributed by atoms with Crippen LogP contribution in [0.25, 0.3) is 11.0 Å². The van der Waals surface area contributed by atoms with Crippen LogP contribution in [0.3, 0.4) is 0 Å². The number of carbonyl (C=O) groups is 1. The largest absolute Gasteiger partial charge is 0.460 e. The van der Waals surface area contributed by atoms with E-state index in [1.165, 1.54) is 17.0 Å². The van der Waals surface area contributed by atoms with Crippen molar-refractivity contribution in [2.45, 2.75) is 50.2 Å². The van der Waals surface area contributed by atoms with Crippen LogP contribution in [0.2, 0.25) is 0 Å². The summed E-state index contributed by atoms with van der Waals surface area (Å²) in [6.45, 7) is -0.716. The molecule has 3 atom stereocenters. The molecular weight excluding hydrogens is 399 g/mol. The second-order valence-electron chi connectivity index (χ2n) is 7.32. The van der Waals surface area contributed by atoms with E-state index in [2.05, 4.69) is 10.3 Å². The normalized spacial score (nSPS) is 25.5. The van der Waals surface area contributed by atoms with Gasteiger partial charge in [-0.3, -0.25) is 4.79 Å². The zero-order valence-corrected chi connectivity index (χ0v) is 15.2. The zero-order chi connectivity index (χ0) is 20.8. The third-order valence-electron chi connectivity index (χ3n) is 5.36. The van der Waals surface area contributed by atoms with E-state index >= 15 is 0 Å². The molecule has 0 saturated carbocycles. The van der Waals surface area contributed by atoms with Crippen molar-refractivity contribution in [1.29, 1.82) is 0 Å². The maximum absolute atomic E-state index is 13.3. The van der Waals surface area contributed by atoms with Crippen LogP contribution in [-0.4, -0.2) is 64.4 Å². The number of carbonyl (C=O) groups excluding carboxylic acids is 1. The molecule has 0 aliphatic carbocycles. The van der Waals surface area contributed by atoms with Gasteiger partial charge in [0.1, 0.15) is 5.65 Å². The first kappa shape index (κ1) is 20.0. The van der Waals surface area contributed by atoms with Crippen LogP contribution >= 0.6 is 0 Å². The van der Waals surface area contributed by atoms with Crippen molar-refractivity contribution in [3.63, 3.8) is 0 Å². The molecule has 2 bridgehead atoms. The van der Waals surface area contributed by atoms with Gasteiger partial charge in [0, 0.05) is 35.9 Å². The van der Waals surface area contributed by atoms with Crippen LogP contribution in [0, 0.1) is 0 Å². The van der Waals surface area contributed by atoms with Crippen LogP contribution < -0.4 is 5.32 Å². The summed E-state index contributed by atoms with van der Waals surface area (Å²) in [4.78, 5) is 17.4. The summed E-state index contributed by atoms with van der Waals surface area (Å²) >= 11 is 0. The van der Waals surface area contributed by atoms with E-state index in [-0.39, 0.29) is 37.3 Å². The fourth-order valence-corrected chi connectivity index (χ4v) is 4.30. The Bertz CT molecular complexity index is 886. The lowest BCUT2D eigenvalue weighted by Crippen LogP contribution is -2.64. The molecule has 2 aliphatic rings. The molecule has 2 aromatic rings. The van der Waals surface area contributed by atoms with Crippen molar-refractivity contribution in [3.05, 3.63) is 30.1 Å². The molecular formula is C18H19F5N4O2. The summed E-state index contributed by atoms with van der Waals surface area (Å²) in [5.74, 6) is -0.513. The Morgan fingerprint density at radius 3 is 2.59 bits per heavy atom. The number of amides is 1. The SMILES string of the molecule is O=C(N[C@H]1C[C@H]2COC[C@@H](C1)N2C(F)(F)F)c1cn(CC(F)F)c2ncccc12. The van der Waals surface area contributed by atoms with Crippen LogP contribution in [0.5, 0.6) is 0 Å². The number of nitrogens with zero attached hydrogens (tertiary/aromatic N) is 3. The molecule has 1 amide bonds. The van der Waals surface area contributed by atoms with Gasteiger partial charge in [0.25, 0.3) is 12.3 Å². The number of halogens is 5. The van der Waals surface area contributed by atoms with Crippen LogP contribution in [0.1, 0.15) is 23.2 Å². The number of rotatable bonds is 4. The van der Waals surface area contributed by atoms with Gasteiger partial charge in [0.05, 0.1) is 25.3 Å². The standard InChI is InChI=1S/C18H19F5N4O2/c19-15(20)7-26-6-14(13-2-1-3-24-16(13)26)17(28)25-10-4-11-8-29-9-12(5-10)27(11)18(21,22)23/h1-3,6,10-12,15H,4-5,7-9H2,(H,25,28)/t10-,11-,12+. The Morgan fingerprint density at radius 2 is 1.97 bits per heavy atom. The van der Waals surface area contributed by atoms with Crippen LogP contribution in [-0.2, 0) is 11.3 Å². The molecule has 2 fully saturated rings. The summed E-state index contributed by atoms with van der Waals surface area (Å²) in [5.41, 5.74) is 0.434. The highest BCUT2D eigenvalue weighted by Gasteiger charge is 2.52. The minimum atomic E-state index is -4.46. The number of hydrogen-bond donors (Lipinski definition) is 1. The molecule has 4 rings (SSSR count). The molecule has 4 heterocycles. The number of aromatic nitrogens is 2. The third-order valence-corrected chi connectivity index (χ3v) is 5.36. The maximum Gasteiger partial charge on any atom is 0.460 e. The van der Waals surface area contributed by atoms with Crippen LogP contribution in [0.4, 0.5) is 22.0 Å². The van der Waals surface area contributed by atoms with Crippen LogP contribution in [0.15, 0.2) is 24.5 Å². The fourth-order valence-electron chi connectivity index (χ4n) is 4.30. The third kappa shape index (κ3) is 3.93. The minimum Gasteiger partial charge on any atom is -0.378 e. The van der Waals surface area contributed by atoms with Gasteiger partial charge < -0.3 is 14.6 Å².